The van der Waals surface area contributed by atoms with Crippen LogP contribution in [0.15, 0.2) is 35.7 Å². The van der Waals surface area contributed by atoms with Gasteiger partial charge in [-0.25, -0.2) is 0 Å². The molecule has 0 unspecified atom stereocenters. The second-order valence-corrected chi connectivity index (χ2v) is 6.29. The van der Waals surface area contributed by atoms with Crippen molar-refractivity contribution >= 4 is 34.5 Å². The van der Waals surface area contributed by atoms with Crippen molar-refractivity contribution in [2.24, 2.45) is 0 Å². The molecule has 0 aliphatic carbocycles. The first-order chi connectivity index (χ1) is 10.7. The first kappa shape index (κ1) is 14.7. The Balaban J connectivity index is 1.90. The maximum absolute atomic E-state index is 12.5. The second kappa shape index (κ2) is 6.25. The largest absolute Gasteiger partial charge is 0.495 e. The molecule has 0 fully saturated rings. The van der Waals surface area contributed by atoms with Crippen molar-refractivity contribution in [2.75, 3.05) is 12.4 Å². The topological polar surface area (TPSA) is 64.1 Å². The lowest BCUT2D eigenvalue weighted by Crippen LogP contribution is -2.12. The highest BCUT2D eigenvalue weighted by molar-refractivity contribution is 7.14. The second-order valence-electron chi connectivity index (χ2n) is 4.59. The van der Waals surface area contributed by atoms with E-state index < -0.39 is 0 Å². The maximum Gasteiger partial charge on any atom is 0.269 e. The first-order valence-electron chi connectivity index (χ1n) is 6.51. The Labute approximate surface area is 135 Å². The SMILES string of the molecule is COc1ccc(C)cc1NC(=O)c1snnc1-c1cccs1. The number of amides is 1. The van der Waals surface area contributed by atoms with Crippen molar-refractivity contribution in [3.8, 4) is 16.3 Å². The van der Waals surface area contributed by atoms with Crippen molar-refractivity contribution in [2.45, 2.75) is 6.92 Å². The molecule has 5 nitrogen and oxygen atoms in total. The van der Waals surface area contributed by atoms with Crippen LogP contribution in [0.25, 0.3) is 10.6 Å². The van der Waals surface area contributed by atoms with E-state index in [-0.39, 0.29) is 5.91 Å². The highest BCUT2D eigenvalue weighted by Crippen LogP contribution is 2.30. The fourth-order valence-electron chi connectivity index (χ4n) is 2.01. The van der Waals surface area contributed by atoms with E-state index in [1.807, 2.05) is 42.6 Å². The minimum absolute atomic E-state index is 0.234. The zero-order valence-corrected chi connectivity index (χ0v) is 13.6. The minimum Gasteiger partial charge on any atom is -0.495 e. The monoisotopic (exact) mass is 331 g/mol. The predicted molar refractivity (Wildman–Crippen MR) is 88.9 cm³/mol. The van der Waals surface area contributed by atoms with Crippen molar-refractivity contribution in [1.29, 1.82) is 0 Å². The van der Waals surface area contributed by atoms with Gasteiger partial charge < -0.3 is 10.1 Å². The zero-order chi connectivity index (χ0) is 15.5. The van der Waals surface area contributed by atoms with Gasteiger partial charge in [-0.2, -0.15) is 0 Å². The summed E-state index contributed by atoms with van der Waals surface area (Å²) in [5.41, 5.74) is 2.29. The number of nitrogens with zero attached hydrogens (tertiary/aromatic N) is 2. The van der Waals surface area contributed by atoms with Crippen LogP contribution in [0.1, 0.15) is 15.2 Å². The Hall–Kier alpha value is -2.25. The molecule has 3 rings (SSSR count). The Morgan fingerprint density at radius 3 is 2.91 bits per heavy atom. The molecular formula is C15H13N3O2S2. The molecular weight excluding hydrogens is 318 g/mol. The van der Waals surface area contributed by atoms with Gasteiger partial charge in [0.15, 0.2) is 0 Å². The van der Waals surface area contributed by atoms with E-state index in [9.17, 15) is 4.79 Å². The third kappa shape index (κ3) is 2.86. The average Bonchev–Trinajstić information content (AvgIpc) is 3.18. The first-order valence-corrected chi connectivity index (χ1v) is 8.16. The van der Waals surface area contributed by atoms with Crippen LogP contribution in [0.3, 0.4) is 0 Å². The number of methoxy groups -OCH3 is 1. The number of nitrogens with one attached hydrogen (secondary N) is 1. The van der Waals surface area contributed by atoms with Crippen LogP contribution in [0, 0.1) is 6.92 Å². The molecule has 112 valence electrons. The van der Waals surface area contributed by atoms with Gasteiger partial charge in [0.1, 0.15) is 16.3 Å². The molecule has 7 heteroatoms. The summed E-state index contributed by atoms with van der Waals surface area (Å²) in [6, 6.07) is 9.47. The lowest BCUT2D eigenvalue weighted by Gasteiger charge is -2.10. The number of rotatable bonds is 4. The molecule has 0 atom stereocenters. The van der Waals surface area contributed by atoms with E-state index in [2.05, 4.69) is 14.9 Å². The predicted octanol–water partition coefficient (Wildman–Crippen LogP) is 3.84. The van der Waals surface area contributed by atoms with E-state index >= 15 is 0 Å². The number of anilines is 1. The van der Waals surface area contributed by atoms with Crippen LogP contribution in [0.4, 0.5) is 5.69 Å². The smallest absolute Gasteiger partial charge is 0.269 e. The molecule has 0 saturated carbocycles. The normalized spacial score (nSPS) is 10.5. The van der Waals surface area contributed by atoms with Gasteiger partial charge in [-0.3, -0.25) is 4.79 Å². The summed E-state index contributed by atoms with van der Waals surface area (Å²) < 4.78 is 9.19. The molecule has 0 saturated heterocycles. The fraction of sp³-hybridized carbons (Fsp3) is 0.133. The lowest BCUT2D eigenvalue weighted by molar-refractivity contribution is 0.103. The molecule has 0 radical (unpaired) electrons. The number of carbonyl (C=O) groups excluding carboxylic acids is 1. The van der Waals surface area contributed by atoms with Crippen molar-refractivity contribution < 1.29 is 9.53 Å². The summed E-state index contributed by atoms with van der Waals surface area (Å²) in [4.78, 5) is 14.0. The van der Waals surface area contributed by atoms with E-state index in [0.29, 0.717) is 22.0 Å². The number of thiophene rings is 1. The number of carbonyl (C=O) groups is 1. The van der Waals surface area contributed by atoms with Crippen molar-refractivity contribution in [3.63, 3.8) is 0 Å². The molecule has 0 aliphatic heterocycles. The Bertz CT molecular complexity index is 797. The van der Waals surface area contributed by atoms with Gasteiger partial charge in [-0.15, -0.1) is 16.4 Å². The number of ether oxygens (including phenoxy) is 1. The number of hydrogen-bond acceptors (Lipinski definition) is 6. The molecule has 1 amide bonds. The quantitative estimate of drug-likeness (QED) is 0.789. The fourth-order valence-corrected chi connectivity index (χ4v) is 3.37. The number of aryl methyl sites for hydroxylation is 1. The number of benzene rings is 1. The minimum atomic E-state index is -0.234. The number of hydrogen-bond donors (Lipinski definition) is 1. The molecule has 1 aromatic carbocycles. The van der Waals surface area contributed by atoms with Crippen molar-refractivity contribution in [3.05, 3.63) is 46.2 Å². The molecule has 22 heavy (non-hydrogen) atoms. The van der Waals surface area contributed by atoms with Crippen LogP contribution in [-0.4, -0.2) is 22.6 Å². The maximum atomic E-state index is 12.5. The van der Waals surface area contributed by atoms with Gasteiger partial charge in [0.25, 0.3) is 5.91 Å². The summed E-state index contributed by atoms with van der Waals surface area (Å²) in [6.07, 6.45) is 0. The molecule has 2 heterocycles. The molecule has 3 aromatic rings. The van der Waals surface area contributed by atoms with E-state index in [0.717, 1.165) is 22.0 Å². The van der Waals surface area contributed by atoms with Gasteiger partial charge in [-0.1, -0.05) is 16.6 Å². The Kier molecular flexibility index (Phi) is 4.17. The van der Waals surface area contributed by atoms with Crippen LogP contribution in [-0.2, 0) is 0 Å². The summed E-state index contributed by atoms with van der Waals surface area (Å²) in [5, 5.41) is 8.89. The molecule has 0 aliphatic rings. The van der Waals surface area contributed by atoms with Crippen LogP contribution in [0.5, 0.6) is 5.75 Å². The highest BCUT2D eigenvalue weighted by Gasteiger charge is 2.19. The van der Waals surface area contributed by atoms with Gasteiger partial charge >= 0.3 is 0 Å². The lowest BCUT2D eigenvalue weighted by atomic mass is 10.2. The van der Waals surface area contributed by atoms with Gasteiger partial charge in [0, 0.05) is 0 Å². The summed E-state index contributed by atoms with van der Waals surface area (Å²) >= 11 is 2.61. The van der Waals surface area contributed by atoms with Crippen LogP contribution >= 0.6 is 22.9 Å². The average molecular weight is 331 g/mol. The summed E-state index contributed by atoms with van der Waals surface area (Å²) in [7, 11) is 1.58. The van der Waals surface area contributed by atoms with Gasteiger partial charge in [0.2, 0.25) is 0 Å². The van der Waals surface area contributed by atoms with E-state index in [1.54, 1.807) is 7.11 Å². The Morgan fingerprint density at radius 2 is 2.18 bits per heavy atom. The molecule has 2 aromatic heterocycles. The van der Waals surface area contributed by atoms with Gasteiger partial charge in [0.05, 0.1) is 17.7 Å². The summed E-state index contributed by atoms with van der Waals surface area (Å²) in [6.45, 7) is 1.96. The molecule has 0 bridgehead atoms. The van der Waals surface area contributed by atoms with Crippen molar-refractivity contribution in [1.82, 2.24) is 9.59 Å². The van der Waals surface area contributed by atoms with Gasteiger partial charge in [-0.05, 0) is 47.6 Å². The summed E-state index contributed by atoms with van der Waals surface area (Å²) in [5.74, 6) is 0.386. The van der Waals surface area contributed by atoms with Crippen LogP contribution in [0.2, 0.25) is 0 Å². The molecule has 0 spiro atoms. The standard InChI is InChI=1S/C15H13N3O2S2/c1-9-5-6-11(20-2)10(8-9)16-15(19)14-13(17-18-22-14)12-4-3-7-21-12/h3-8H,1-2H3,(H,16,19). The molecule has 1 N–H and O–H groups in total. The third-order valence-corrected chi connectivity index (χ3v) is 4.65. The Morgan fingerprint density at radius 1 is 1.32 bits per heavy atom. The zero-order valence-electron chi connectivity index (χ0n) is 12.0. The number of aromatic nitrogens is 2. The third-order valence-electron chi connectivity index (χ3n) is 3.05. The van der Waals surface area contributed by atoms with E-state index in [4.69, 9.17) is 4.74 Å². The highest BCUT2D eigenvalue weighted by atomic mass is 32.1. The van der Waals surface area contributed by atoms with Crippen LogP contribution < -0.4 is 10.1 Å². The van der Waals surface area contributed by atoms with E-state index in [1.165, 1.54) is 11.3 Å².